The van der Waals surface area contributed by atoms with Gasteiger partial charge < -0.3 is 9.80 Å². The second-order valence-corrected chi connectivity index (χ2v) is 10.0. The molecular formula is C19H23ClN6O2S2. The van der Waals surface area contributed by atoms with Crippen LogP contribution in [0.1, 0.15) is 5.56 Å². The maximum atomic E-state index is 10.9. The first-order chi connectivity index (χ1) is 14.2. The summed E-state index contributed by atoms with van der Waals surface area (Å²) in [4.78, 5) is 3.74. The largest absolute Gasteiger partial charge is 0.376 e. The summed E-state index contributed by atoms with van der Waals surface area (Å²) in [5.41, 5.74) is 3.01. The molecule has 3 rings (SSSR count). The molecule has 0 bridgehead atoms. The van der Waals surface area contributed by atoms with Gasteiger partial charge in [0, 0.05) is 50.7 Å². The predicted molar refractivity (Wildman–Crippen MR) is 122 cm³/mol. The molecule has 0 aliphatic carbocycles. The van der Waals surface area contributed by atoms with Crippen LogP contribution in [0.15, 0.2) is 64.9 Å². The summed E-state index contributed by atoms with van der Waals surface area (Å²) in [5, 5.41) is 15.8. The Morgan fingerprint density at radius 1 is 0.900 bits per heavy atom. The third-order valence-corrected chi connectivity index (χ3v) is 5.89. The zero-order valence-corrected chi connectivity index (χ0v) is 19.5. The van der Waals surface area contributed by atoms with Crippen molar-refractivity contribution in [2.24, 2.45) is 0 Å². The Kier molecular flexibility index (Phi) is 8.82. The minimum atomic E-state index is -3.79. The van der Waals surface area contributed by atoms with E-state index in [0.29, 0.717) is 5.69 Å². The summed E-state index contributed by atoms with van der Waals surface area (Å²) in [5.74, 6) is 0.923. The van der Waals surface area contributed by atoms with E-state index in [-0.39, 0.29) is 5.03 Å². The number of hydrogen-bond acceptors (Lipinski definition) is 9. The lowest BCUT2D eigenvalue weighted by atomic mass is 10.2. The highest BCUT2D eigenvalue weighted by atomic mass is 35.7. The molecule has 2 heterocycles. The Morgan fingerprint density at radius 3 is 2.03 bits per heavy atom. The van der Waals surface area contributed by atoms with Crippen molar-refractivity contribution in [3.8, 4) is 0 Å². The normalized spacial score (nSPS) is 10.7. The molecule has 3 aromatic rings. The summed E-state index contributed by atoms with van der Waals surface area (Å²) < 4.78 is 21.7. The molecule has 1 aromatic carbocycles. The second kappa shape index (κ2) is 11.1. The molecule has 0 aliphatic heterocycles. The minimum Gasteiger partial charge on any atom is -0.376 e. The Balaban J connectivity index is 0.000000222. The molecule has 2 aromatic heterocycles. The number of rotatable bonds is 6. The first-order valence-corrected chi connectivity index (χ1v) is 12.1. The van der Waals surface area contributed by atoms with E-state index in [1.807, 2.05) is 25.1 Å². The number of aromatic nitrogens is 4. The first-order valence-electron chi connectivity index (χ1n) is 8.78. The highest BCUT2D eigenvalue weighted by molar-refractivity contribution is 8.13. The Hall–Kier alpha value is -2.43. The first kappa shape index (κ1) is 23.8. The number of nitrogens with zero attached hydrogens (tertiary/aromatic N) is 6. The van der Waals surface area contributed by atoms with Crippen LogP contribution in [0.5, 0.6) is 0 Å². The van der Waals surface area contributed by atoms with Gasteiger partial charge in [-0.05, 0) is 11.6 Å². The quantitative estimate of drug-likeness (QED) is 0.400. The molecule has 0 spiro atoms. The van der Waals surface area contributed by atoms with Gasteiger partial charge in [-0.3, -0.25) is 0 Å². The van der Waals surface area contributed by atoms with E-state index >= 15 is 0 Å². The topological polar surface area (TPSA) is 92.2 Å². The van der Waals surface area contributed by atoms with Gasteiger partial charge in [0.15, 0.2) is 5.03 Å². The Morgan fingerprint density at radius 2 is 1.47 bits per heavy atom. The van der Waals surface area contributed by atoms with Crippen LogP contribution in [-0.4, -0.2) is 57.0 Å². The molecule has 0 atom stereocenters. The van der Waals surface area contributed by atoms with Crippen LogP contribution in [0.3, 0.4) is 0 Å². The minimum absolute atomic E-state index is 0.236. The molecule has 0 amide bonds. The van der Waals surface area contributed by atoms with Gasteiger partial charge in [0.05, 0.1) is 23.8 Å². The highest BCUT2D eigenvalue weighted by Crippen LogP contribution is 2.23. The van der Waals surface area contributed by atoms with Crippen LogP contribution in [0.4, 0.5) is 11.4 Å². The fraction of sp³-hybridized carbons (Fsp3) is 0.263. The van der Waals surface area contributed by atoms with Crippen molar-refractivity contribution < 1.29 is 8.42 Å². The molecule has 0 fully saturated rings. The molecule has 0 unspecified atom stereocenters. The molecule has 0 saturated carbocycles. The maximum absolute atomic E-state index is 10.9. The third-order valence-electron chi connectivity index (χ3n) is 3.75. The van der Waals surface area contributed by atoms with Crippen molar-refractivity contribution in [2.75, 3.05) is 38.0 Å². The molecular weight excluding hydrogens is 444 g/mol. The van der Waals surface area contributed by atoms with Crippen LogP contribution >= 0.6 is 22.4 Å². The summed E-state index contributed by atoms with van der Waals surface area (Å²) in [6, 6.07) is 13.8. The van der Waals surface area contributed by atoms with Crippen LogP contribution in [-0.2, 0) is 14.8 Å². The van der Waals surface area contributed by atoms with Crippen molar-refractivity contribution in [3.63, 3.8) is 0 Å². The van der Waals surface area contributed by atoms with E-state index in [9.17, 15) is 8.42 Å². The Bertz CT molecular complexity index is 1050. The van der Waals surface area contributed by atoms with Crippen molar-refractivity contribution in [1.29, 1.82) is 0 Å². The summed E-state index contributed by atoms with van der Waals surface area (Å²) in [7, 11) is 8.84. The zero-order chi connectivity index (χ0) is 22.1. The Labute approximate surface area is 185 Å². The SMILES string of the molecule is CN(C)c1cnnc(S(=O)(=O)Cl)c1.CN(C)c1cnnc(SCc2ccccc2)c1. The molecule has 0 radical (unpaired) electrons. The molecule has 160 valence electrons. The second-order valence-electron chi connectivity index (χ2n) is 6.50. The molecule has 0 saturated heterocycles. The lowest BCUT2D eigenvalue weighted by Gasteiger charge is -2.11. The van der Waals surface area contributed by atoms with E-state index in [2.05, 4.69) is 50.7 Å². The van der Waals surface area contributed by atoms with E-state index in [1.54, 1.807) is 37.0 Å². The van der Waals surface area contributed by atoms with E-state index in [0.717, 1.165) is 16.5 Å². The van der Waals surface area contributed by atoms with Crippen LogP contribution in [0, 0.1) is 0 Å². The van der Waals surface area contributed by atoms with Crippen molar-refractivity contribution in [1.82, 2.24) is 20.4 Å². The van der Waals surface area contributed by atoms with Gasteiger partial charge in [-0.15, -0.1) is 10.2 Å². The molecule has 11 heteroatoms. The predicted octanol–water partition coefficient (Wildman–Crippen LogP) is 3.31. The smallest absolute Gasteiger partial charge is 0.280 e. The molecule has 30 heavy (non-hydrogen) atoms. The summed E-state index contributed by atoms with van der Waals surface area (Å²) in [6.07, 6.45) is 3.22. The van der Waals surface area contributed by atoms with Gasteiger partial charge in [-0.2, -0.15) is 10.2 Å². The third kappa shape index (κ3) is 7.77. The van der Waals surface area contributed by atoms with Crippen molar-refractivity contribution in [2.45, 2.75) is 15.8 Å². The van der Waals surface area contributed by atoms with Gasteiger partial charge in [0.25, 0.3) is 9.05 Å². The fourth-order valence-electron chi connectivity index (χ4n) is 2.09. The summed E-state index contributed by atoms with van der Waals surface area (Å²) >= 11 is 1.70. The van der Waals surface area contributed by atoms with Gasteiger partial charge >= 0.3 is 0 Å². The van der Waals surface area contributed by atoms with E-state index in [1.165, 1.54) is 17.8 Å². The van der Waals surface area contributed by atoms with Crippen molar-refractivity contribution in [3.05, 3.63) is 60.4 Å². The number of thioether (sulfide) groups is 1. The number of benzene rings is 1. The lowest BCUT2D eigenvalue weighted by molar-refractivity contribution is 0.604. The van der Waals surface area contributed by atoms with Crippen molar-refractivity contribution >= 4 is 42.9 Å². The average molecular weight is 467 g/mol. The average Bonchev–Trinajstić information content (AvgIpc) is 2.73. The van der Waals surface area contributed by atoms with E-state index in [4.69, 9.17) is 10.7 Å². The molecule has 0 aliphatic rings. The van der Waals surface area contributed by atoms with Gasteiger partial charge in [-0.25, -0.2) is 8.42 Å². The summed E-state index contributed by atoms with van der Waals surface area (Å²) in [6.45, 7) is 0. The standard InChI is InChI=1S/C13H15N3S.C6H8ClN3O2S/c1-16(2)12-8-13(15-14-9-12)17-10-11-6-4-3-5-7-11;1-10(2)5-3-6(9-8-4-5)13(7,11)12/h3-9H,10H2,1-2H3;3-4H,1-2H3. The van der Waals surface area contributed by atoms with Gasteiger partial charge in [0.1, 0.15) is 5.03 Å². The van der Waals surface area contributed by atoms with Crippen LogP contribution < -0.4 is 9.80 Å². The van der Waals surface area contributed by atoms with Gasteiger partial charge in [0.2, 0.25) is 0 Å². The number of halogens is 1. The highest BCUT2D eigenvalue weighted by Gasteiger charge is 2.13. The number of anilines is 2. The fourth-order valence-corrected chi connectivity index (χ4v) is 3.53. The zero-order valence-electron chi connectivity index (χ0n) is 17.1. The van der Waals surface area contributed by atoms with Crippen LogP contribution in [0.25, 0.3) is 0 Å². The molecule has 0 N–H and O–H groups in total. The van der Waals surface area contributed by atoms with E-state index < -0.39 is 9.05 Å². The lowest BCUT2D eigenvalue weighted by Crippen LogP contribution is -2.10. The van der Waals surface area contributed by atoms with Crippen LogP contribution in [0.2, 0.25) is 0 Å². The van der Waals surface area contributed by atoms with Gasteiger partial charge in [-0.1, -0.05) is 42.1 Å². The maximum Gasteiger partial charge on any atom is 0.280 e. The molecule has 8 nitrogen and oxygen atoms in total. The number of hydrogen-bond donors (Lipinski definition) is 0. The monoisotopic (exact) mass is 466 g/mol.